The lowest BCUT2D eigenvalue weighted by Gasteiger charge is -2.16. The minimum absolute atomic E-state index is 0.165. The van der Waals surface area contributed by atoms with Crippen LogP contribution >= 0.6 is 0 Å². The summed E-state index contributed by atoms with van der Waals surface area (Å²) < 4.78 is 48.5. The number of rotatable bonds is 8. The Morgan fingerprint density at radius 2 is 1.61 bits per heavy atom. The Balaban J connectivity index is 0.00000187. The van der Waals surface area contributed by atoms with Crippen molar-refractivity contribution in [3.8, 4) is 22.6 Å². The van der Waals surface area contributed by atoms with E-state index in [0.717, 1.165) is 18.2 Å². The molecule has 0 aliphatic rings. The molecule has 0 saturated carbocycles. The smallest absolute Gasteiger partial charge is 0.488 e. The standard InChI is InChI=1S/C23H20F3NO4.CH4O/c24-23(25,26)31-21-9-8-17(16-6-3-4-15(10-16)13-27)11-19(21)14-30-20-7-2-1-5-18(20)12-22(28)29;1-2/h1-11H,12-14,27H2,(H,28,29);2H,1H3. The van der Waals surface area contributed by atoms with E-state index in [1.54, 1.807) is 30.3 Å². The van der Waals surface area contributed by atoms with Crippen LogP contribution in [0, 0.1) is 0 Å². The van der Waals surface area contributed by atoms with Crippen molar-refractivity contribution in [1.29, 1.82) is 0 Å². The van der Waals surface area contributed by atoms with Gasteiger partial charge in [-0.05, 0) is 41.0 Å². The van der Waals surface area contributed by atoms with Crippen molar-refractivity contribution in [2.75, 3.05) is 7.11 Å². The number of aliphatic carboxylic acids is 1. The summed E-state index contributed by atoms with van der Waals surface area (Å²) in [6.07, 6.45) is -5.13. The van der Waals surface area contributed by atoms with Crippen molar-refractivity contribution in [3.63, 3.8) is 0 Å². The average Bonchev–Trinajstić information content (AvgIpc) is 2.79. The lowest BCUT2D eigenvalue weighted by Crippen LogP contribution is -2.18. The van der Waals surface area contributed by atoms with Crippen LogP contribution in [0.2, 0.25) is 0 Å². The molecule has 0 atom stereocenters. The van der Waals surface area contributed by atoms with Gasteiger partial charge in [-0.1, -0.05) is 42.5 Å². The summed E-state index contributed by atoms with van der Waals surface area (Å²) in [5.74, 6) is -1.15. The van der Waals surface area contributed by atoms with Crippen LogP contribution in [-0.4, -0.2) is 29.7 Å². The van der Waals surface area contributed by atoms with Crippen LogP contribution in [0.3, 0.4) is 0 Å². The van der Waals surface area contributed by atoms with Crippen LogP contribution in [0.5, 0.6) is 11.5 Å². The number of benzene rings is 3. The number of hydrogen-bond acceptors (Lipinski definition) is 5. The Hall–Kier alpha value is -3.56. The van der Waals surface area contributed by atoms with Gasteiger partial charge in [-0.25, -0.2) is 0 Å². The number of aliphatic hydroxyl groups is 1. The zero-order chi connectivity index (χ0) is 24.4. The molecule has 3 rings (SSSR count). The second-order valence-corrected chi connectivity index (χ2v) is 6.74. The second-order valence-electron chi connectivity index (χ2n) is 6.74. The molecule has 3 aromatic carbocycles. The lowest BCUT2D eigenvalue weighted by atomic mass is 10.0. The molecule has 6 nitrogen and oxygen atoms in total. The summed E-state index contributed by atoms with van der Waals surface area (Å²) >= 11 is 0. The monoisotopic (exact) mass is 463 g/mol. The molecule has 0 aliphatic heterocycles. The van der Waals surface area contributed by atoms with Crippen LogP contribution in [0.4, 0.5) is 13.2 Å². The Kier molecular flexibility index (Phi) is 9.26. The number of hydrogen-bond donors (Lipinski definition) is 3. The normalized spacial score (nSPS) is 10.7. The number of ether oxygens (including phenoxy) is 2. The zero-order valence-corrected chi connectivity index (χ0v) is 17.8. The van der Waals surface area contributed by atoms with Gasteiger partial charge < -0.3 is 25.4 Å². The molecule has 0 amide bonds. The Morgan fingerprint density at radius 3 is 2.27 bits per heavy atom. The molecule has 0 unspecified atom stereocenters. The van der Waals surface area contributed by atoms with E-state index in [1.165, 1.54) is 12.1 Å². The summed E-state index contributed by atoms with van der Waals surface area (Å²) in [6, 6.07) is 18.1. The van der Waals surface area contributed by atoms with E-state index in [0.29, 0.717) is 17.7 Å². The zero-order valence-electron chi connectivity index (χ0n) is 17.8. The molecule has 0 fully saturated rings. The van der Waals surface area contributed by atoms with Crippen molar-refractivity contribution < 1.29 is 37.7 Å². The molecule has 0 heterocycles. The highest BCUT2D eigenvalue weighted by molar-refractivity contribution is 5.71. The first kappa shape index (κ1) is 25.7. The first-order valence-corrected chi connectivity index (χ1v) is 9.80. The third-order valence-corrected chi connectivity index (χ3v) is 4.48. The fourth-order valence-electron chi connectivity index (χ4n) is 3.08. The molecule has 9 heteroatoms. The van der Waals surface area contributed by atoms with Gasteiger partial charge in [-0.15, -0.1) is 13.2 Å². The average molecular weight is 463 g/mol. The summed E-state index contributed by atoms with van der Waals surface area (Å²) in [5.41, 5.74) is 8.59. The maximum absolute atomic E-state index is 12.9. The molecule has 0 saturated heterocycles. The second kappa shape index (κ2) is 11.9. The molecule has 0 spiro atoms. The molecule has 3 aromatic rings. The van der Waals surface area contributed by atoms with Gasteiger partial charge in [-0.2, -0.15) is 0 Å². The number of halogens is 3. The number of nitrogens with two attached hydrogens (primary N) is 1. The van der Waals surface area contributed by atoms with Crippen molar-refractivity contribution in [3.05, 3.63) is 83.4 Å². The van der Waals surface area contributed by atoms with E-state index in [-0.39, 0.29) is 30.1 Å². The Morgan fingerprint density at radius 1 is 0.909 bits per heavy atom. The molecule has 0 aromatic heterocycles. The molecule has 0 bridgehead atoms. The van der Waals surface area contributed by atoms with E-state index in [9.17, 15) is 18.0 Å². The van der Waals surface area contributed by atoms with E-state index in [1.807, 2.05) is 24.3 Å². The van der Waals surface area contributed by atoms with Gasteiger partial charge >= 0.3 is 12.3 Å². The fourth-order valence-corrected chi connectivity index (χ4v) is 3.08. The lowest BCUT2D eigenvalue weighted by molar-refractivity contribution is -0.275. The van der Waals surface area contributed by atoms with Gasteiger partial charge in [0, 0.05) is 24.8 Å². The van der Waals surface area contributed by atoms with E-state index < -0.39 is 12.3 Å². The third-order valence-electron chi connectivity index (χ3n) is 4.48. The highest BCUT2D eigenvalue weighted by atomic mass is 19.4. The first-order valence-electron chi connectivity index (χ1n) is 9.80. The predicted molar refractivity (Wildman–Crippen MR) is 117 cm³/mol. The molecule has 0 aliphatic carbocycles. The number of alkyl halides is 3. The van der Waals surface area contributed by atoms with Crippen LogP contribution in [0.1, 0.15) is 16.7 Å². The Labute approximate surface area is 189 Å². The maximum atomic E-state index is 12.9. The van der Waals surface area contributed by atoms with Gasteiger partial charge in [0.1, 0.15) is 18.1 Å². The molecule has 4 N–H and O–H groups in total. The predicted octanol–water partition coefficient (Wildman–Crippen LogP) is 4.53. The molecular weight excluding hydrogens is 439 g/mol. The SMILES string of the molecule is CO.NCc1cccc(-c2ccc(OC(F)(F)F)c(COc3ccccc3CC(=O)O)c2)c1. The number of carboxylic acid groups (broad SMARTS) is 1. The number of aliphatic hydroxyl groups excluding tert-OH is 1. The minimum atomic E-state index is -4.86. The number of carboxylic acids is 1. The van der Waals surface area contributed by atoms with Gasteiger partial charge in [0.2, 0.25) is 0 Å². The van der Waals surface area contributed by atoms with E-state index in [4.69, 9.17) is 20.7 Å². The van der Waals surface area contributed by atoms with Crippen LogP contribution < -0.4 is 15.2 Å². The van der Waals surface area contributed by atoms with Crippen LogP contribution in [0.15, 0.2) is 66.7 Å². The minimum Gasteiger partial charge on any atom is -0.488 e. The van der Waals surface area contributed by atoms with Gasteiger partial charge in [0.25, 0.3) is 0 Å². The highest BCUT2D eigenvalue weighted by Gasteiger charge is 2.32. The summed E-state index contributed by atoms with van der Waals surface area (Å²) in [4.78, 5) is 11.1. The molecule has 0 radical (unpaired) electrons. The van der Waals surface area contributed by atoms with Crippen molar-refractivity contribution >= 4 is 5.97 Å². The van der Waals surface area contributed by atoms with Crippen molar-refractivity contribution in [2.45, 2.75) is 25.9 Å². The van der Waals surface area contributed by atoms with Crippen LogP contribution in [-0.2, 0) is 24.4 Å². The largest absolute Gasteiger partial charge is 0.573 e. The highest BCUT2D eigenvalue weighted by Crippen LogP contribution is 2.32. The number of carbonyl (C=O) groups is 1. The van der Waals surface area contributed by atoms with Crippen molar-refractivity contribution in [1.82, 2.24) is 0 Å². The van der Waals surface area contributed by atoms with Gasteiger partial charge in [0.05, 0.1) is 6.42 Å². The summed E-state index contributed by atoms with van der Waals surface area (Å²) in [6.45, 7) is 0.0892. The third kappa shape index (κ3) is 7.81. The topological polar surface area (TPSA) is 102 Å². The first-order chi connectivity index (χ1) is 15.7. The quantitative estimate of drug-likeness (QED) is 0.454. The molecule has 33 heavy (non-hydrogen) atoms. The van der Waals surface area contributed by atoms with E-state index in [2.05, 4.69) is 4.74 Å². The molecule has 176 valence electrons. The molecular formula is C24H24F3NO5. The maximum Gasteiger partial charge on any atom is 0.573 e. The number of para-hydroxylation sites is 1. The fraction of sp³-hybridized carbons (Fsp3) is 0.208. The summed E-state index contributed by atoms with van der Waals surface area (Å²) in [7, 11) is 1.00. The van der Waals surface area contributed by atoms with Gasteiger partial charge in [0.15, 0.2) is 0 Å². The van der Waals surface area contributed by atoms with Crippen LogP contribution in [0.25, 0.3) is 11.1 Å². The van der Waals surface area contributed by atoms with E-state index >= 15 is 0 Å². The summed E-state index contributed by atoms with van der Waals surface area (Å²) in [5, 5.41) is 16.0. The van der Waals surface area contributed by atoms with Crippen molar-refractivity contribution in [2.24, 2.45) is 5.73 Å². The Bertz CT molecular complexity index is 1070. The van der Waals surface area contributed by atoms with Gasteiger partial charge in [-0.3, -0.25) is 4.79 Å².